The molecule has 0 bridgehead atoms. The van der Waals surface area contributed by atoms with E-state index in [9.17, 15) is 9.18 Å². The van der Waals surface area contributed by atoms with Crippen molar-refractivity contribution in [2.45, 2.75) is 33.2 Å². The van der Waals surface area contributed by atoms with Gasteiger partial charge in [-0.15, -0.1) is 0 Å². The van der Waals surface area contributed by atoms with Gasteiger partial charge in [-0.1, -0.05) is 6.92 Å². The van der Waals surface area contributed by atoms with Crippen LogP contribution in [0, 0.1) is 30.0 Å². The zero-order valence-electron chi connectivity index (χ0n) is 10.7. The number of carbonyl (C=O) groups excluding carboxylic acids is 1. The van der Waals surface area contributed by atoms with E-state index in [1.165, 1.54) is 6.07 Å². The van der Waals surface area contributed by atoms with Gasteiger partial charge in [0.2, 0.25) is 5.91 Å². The van der Waals surface area contributed by atoms with Gasteiger partial charge in [0.15, 0.2) is 0 Å². The molecule has 2 rings (SSSR count). The molecule has 0 N–H and O–H groups in total. The van der Waals surface area contributed by atoms with Gasteiger partial charge in [0.25, 0.3) is 0 Å². The molecule has 1 aliphatic rings. The number of nitrogens with zero attached hydrogens (tertiary/aromatic N) is 2. The third kappa shape index (κ3) is 1.76. The van der Waals surface area contributed by atoms with Gasteiger partial charge in [-0.3, -0.25) is 4.79 Å². The number of rotatable bonds is 1. The summed E-state index contributed by atoms with van der Waals surface area (Å²) in [5.74, 6) is -0.257. The lowest BCUT2D eigenvalue weighted by molar-refractivity contribution is -0.117. The number of amides is 1. The summed E-state index contributed by atoms with van der Waals surface area (Å²) in [5.41, 5.74) is 0.959. The summed E-state index contributed by atoms with van der Waals surface area (Å²) in [7, 11) is 0. The van der Waals surface area contributed by atoms with E-state index in [1.807, 2.05) is 13.8 Å². The summed E-state index contributed by atoms with van der Waals surface area (Å²) in [6.07, 6.45) is 0.488. The molecule has 2 atom stereocenters. The van der Waals surface area contributed by atoms with Gasteiger partial charge in [-0.05, 0) is 31.9 Å². The fraction of sp³-hybridized carbons (Fsp3) is 0.429. The van der Waals surface area contributed by atoms with Crippen LogP contribution in [0.2, 0.25) is 0 Å². The van der Waals surface area contributed by atoms with Crippen molar-refractivity contribution in [1.29, 1.82) is 5.26 Å². The van der Waals surface area contributed by atoms with Crippen LogP contribution in [0.3, 0.4) is 0 Å². The van der Waals surface area contributed by atoms with E-state index < -0.39 is 5.82 Å². The largest absolute Gasteiger partial charge is 0.309 e. The number of anilines is 1. The van der Waals surface area contributed by atoms with Crippen molar-refractivity contribution in [2.75, 3.05) is 4.90 Å². The first-order valence-electron chi connectivity index (χ1n) is 5.98. The van der Waals surface area contributed by atoms with E-state index in [-0.39, 0.29) is 23.4 Å². The quantitative estimate of drug-likeness (QED) is 0.764. The summed E-state index contributed by atoms with van der Waals surface area (Å²) in [4.78, 5) is 13.6. The van der Waals surface area contributed by atoms with E-state index in [0.717, 1.165) is 0 Å². The van der Waals surface area contributed by atoms with Crippen LogP contribution in [0.15, 0.2) is 12.1 Å². The van der Waals surface area contributed by atoms with Crippen molar-refractivity contribution >= 4 is 11.6 Å². The minimum atomic E-state index is -0.533. The van der Waals surface area contributed by atoms with Crippen molar-refractivity contribution in [1.82, 2.24) is 0 Å². The molecule has 0 radical (unpaired) electrons. The molecule has 0 unspecified atom stereocenters. The molecule has 0 aliphatic carbocycles. The SMILES string of the molecule is Cc1c(N2C(=O)C[C@@H](C)[C@@H]2C)ccc(C#N)c1F. The Morgan fingerprint density at radius 1 is 1.44 bits per heavy atom. The predicted octanol–water partition coefficient (Wildman–Crippen LogP) is 2.77. The Morgan fingerprint density at radius 3 is 2.61 bits per heavy atom. The number of hydrogen-bond donors (Lipinski definition) is 0. The third-order valence-electron chi connectivity index (χ3n) is 3.73. The van der Waals surface area contributed by atoms with E-state index in [4.69, 9.17) is 5.26 Å². The standard InChI is InChI=1S/C14H15FN2O/c1-8-6-13(18)17(10(8)3)12-5-4-11(7-16)14(15)9(12)2/h4-5,8,10H,6H2,1-3H3/t8-,10+/m1/s1. The average molecular weight is 246 g/mol. The van der Waals surface area contributed by atoms with Crippen molar-refractivity contribution in [3.8, 4) is 6.07 Å². The number of benzene rings is 1. The smallest absolute Gasteiger partial charge is 0.227 e. The summed E-state index contributed by atoms with van der Waals surface area (Å²) in [5, 5.41) is 8.77. The van der Waals surface area contributed by atoms with Gasteiger partial charge >= 0.3 is 0 Å². The Hall–Kier alpha value is -1.89. The number of hydrogen-bond acceptors (Lipinski definition) is 2. The normalized spacial score (nSPS) is 23.3. The second-order valence-electron chi connectivity index (χ2n) is 4.87. The molecule has 1 aromatic carbocycles. The topological polar surface area (TPSA) is 44.1 Å². The predicted molar refractivity (Wildman–Crippen MR) is 66.6 cm³/mol. The Kier molecular flexibility index (Phi) is 3.08. The van der Waals surface area contributed by atoms with Crippen molar-refractivity contribution < 1.29 is 9.18 Å². The summed E-state index contributed by atoms with van der Waals surface area (Å²) in [6.45, 7) is 5.58. The maximum absolute atomic E-state index is 13.9. The van der Waals surface area contributed by atoms with Crippen LogP contribution in [0.25, 0.3) is 0 Å². The molecule has 0 saturated carbocycles. The van der Waals surface area contributed by atoms with Gasteiger partial charge < -0.3 is 4.90 Å². The van der Waals surface area contributed by atoms with Crippen LogP contribution in [0.5, 0.6) is 0 Å². The highest BCUT2D eigenvalue weighted by Gasteiger charge is 2.36. The van der Waals surface area contributed by atoms with Gasteiger partial charge in [0, 0.05) is 23.7 Å². The van der Waals surface area contributed by atoms with Crippen molar-refractivity contribution in [2.24, 2.45) is 5.92 Å². The molecular weight excluding hydrogens is 231 g/mol. The van der Waals surface area contributed by atoms with Gasteiger partial charge in [-0.25, -0.2) is 4.39 Å². The van der Waals surface area contributed by atoms with E-state index in [1.54, 1.807) is 24.0 Å². The van der Waals surface area contributed by atoms with Gasteiger partial charge in [-0.2, -0.15) is 5.26 Å². The fourth-order valence-corrected chi connectivity index (χ4v) is 2.40. The second-order valence-corrected chi connectivity index (χ2v) is 4.87. The lowest BCUT2D eigenvalue weighted by Gasteiger charge is -2.25. The van der Waals surface area contributed by atoms with E-state index >= 15 is 0 Å². The molecule has 94 valence electrons. The summed E-state index contributed by atoms with van der Waals surface area (Å²) >= 11 is 0. The summed E-state index contributed by atoms with van der Waals surface area (Å²) < 4.78 is 13.9. The van der Waals surface area contributed by atoms with E-state index in [0.29, 0.717) is 17.7 Å². The van der Waals surface area contributed by atoms with Crippen LogP contribution in [0.1, 0.15) is 31.4 Å². The lowest BCUT2D eigenvalue weighted by Crippen LogP contribution is -2.33. The first-order valence-corrected chi connectivity index (χ1v) is 5.98. The molecule has 0 aromatic heterocycles. The molecule has 1 aromatic rings. The zero-order chi connectivity index (χ0) is 13.4. The maximum Gasteiger partial charge on any atom is 0.227 e. The van der Waals surface area contributed by atoms with Gasteiger partial charge in [0.1, 0.15) is 11.9 Å². The number of carbonyl (C=O) groups is 1. The molecule has 1 saturated heterocycles. The minimum Gasteiger partial charge on any atom is -0.309 e. The molecule has 3 nitrogen and oxygen atoms in total. The number of halogens is 1. The fourth-order valence-electron chi connectivity index (χ4n) is 2.40. The molecular formula is C14H15FN2O. The lowest BCUT2D eigenvalue weighted by atomic mass is 10.0. The van der Waals surface area contributed by atoms with Crippen molar-refractivity contribution in [3.63, 3.8) is 0 Å². The molecule has 1 fully saturated rings. The first-order chi connectivity index (χ1) is 8.47. The zero-order valence-corrected chi connectivity index (χ0v) is 10.7. The Labute approximate surface area is 106 Å². The van der Waals surface area contributed by atoms with Crippen LogP contribution in [-0.4, -0.2) is 11.9 Å². The Balaban J connectivity index is 2.50. The Bertz CT molecular complexity index is 547. The maximum atomic E-state index is 13.9. The minimum absolute atomic E-state index is 0.0159. The molecule has 1 amide bonds. The average Bonchev–Trinajstić information content (AvgIpc) is 2.58. The Morgan fingerprint density at radius 2 is 2.11 bits per heavy atom. The van der Waals surface area contributed by atoms with Gasteiger partial charge in [0.05, 0.1) is 5.56 Å². The first kappa shape index (κ1) is 12.6. The monoisotopic (exact) mass is 246 g/mol. The van der Waals surface area contributed by atoms with Crippen LogP contribution >= 0.6 is 0 Å². The molecule has 1 heterocycles. The highest BCUT2D eigenvalue weighted by atomic mass is 19.1. The molecule has 18 heavy (non-hydrogen) atoms. The molecule has 1 aliphatic heterocycles. The second kappa shape index (κ2) is 4.41. The van der Waals surface area contributed by atoms with E-state index in [2.05, 4.69) is 0 Å². The summed E-state index contributed by atoms with van der Waals surface area (Å²) in [6, 6.07) is 4.95. The molecule has 0 spiro atoms. The third-order valence-corrected chi connectivity index (χ3v) is 3.73. The number of nitriles is 1. The van der Waals surface area contributed by atoms with Crippen LogP contribution in [0.4, 0.5) is 10.1 Å². The molecule has 4 heteroatoms. The van der Waals surface area contributed by atoms with Crippen LogP contribution < -0.4 is 4.90 Å². The highest BCUT2D eigenvalue weighted by Crippen LogP contribution is 2.34. The van der Waals surface area contributed by atoms with Crippen LogP contribution in [-0.2, 0) is 4.79 Å². The highest BCUT2D eigenvalue weighted by molar-refractivity contribution is 5.97. The van der Waals surface area contributed by atoms with Crippen molar-refractivity contribution in [3.05, 3.63) is 29.1 Å².